The van der Waals surface area contributed by atoms with Crippen LogP contribution in [-0.4, -0.2) is 23.4 Å². The first-order valence-electron chi connectivity index (χ1n) is 7.60. The van der Waals surface area contributed by atoms with Crippen LogP contribution < -0.4 is 9.04 Å². The lowest BCUT2D eigenvalue weighted by atomic mass is 10.2. The van der Waals surface area contributed by atoms with Crippen LogP contribution in [0.2, 0.25) is 0 Å². The van der Waals surface area contributed by atoms with Gasteiger partial charge in [0, 0.05) is 30.2 Å². The molecule has 0 amide bonds. The summed E-state index contributed by atoms with van der Waals surface area (Å²) in [5.41, 5.74) is 1.62. The fourth-order valence-corrected chi connectivity index (χ4v) is 4.23. The zero-order valence-electron chi connectivity index (χ0n) is 13.1. The van der Waals surface area contributed by atoms with Gasteiger partial charge in [-0.2, -0.15) is 4.98 Å². The Hall–Kier alpha value is -3.00. The summed E-state index contributed by atoms with van der Waals surface area (Å²) in [5, 5.41) is 0. The summed E-state index contributed by atoms with van der Waals surface area (Å²) in [5.74, 6) is 0.285. The van der Waals surface area contributed by atoms with E-state index in [-0.39, 0.29) is 25.0 Å². The van der Waals surface area contributed by atoms with Crippen molar-refractivity contribution in [1.29, 1.82) is 0 Å². The molecular weight excluding hydrogens is 340 g/mol. The van der Waals surface area contributed by atoms with Crippen molar-refractivity contribution in [2.45, 2.75) is 18.0 Å². The summed E-state index contributed by atoms with van der Waals surface area (Å²) in [6.45, 7) is 0.502. The van der Waals surface area contributed by atoms with E-state index in [1.165, 1.54) is 10.5 Å². The number of hydrogen-bond acceptors (Lipinski definition) is 6. The van der Waals surface area contributed by atoms with Crippen LogP contribution in [0.25, 0.3) is 0 Å². The van der Waals surface area contributed by atoms with Crippen molar-refractivity contribution in [2.75, 3.05) is 4.31 Å². The lowest BCUT2D eigenvalue weighted by Gasteiger charge is -2.16. The molecule has 3 aromatic rings. The predicted molar refractivity (Wildman–Crippen MR) is 90.4 cm³/mol. The van der Waals surface area contributed by atoms with Crippen LogP contribution in [0.1, 0.15) is 11.1 Å². The SMILES string of the molecule is O=S1(=O)c2ccccc2CN1c1ccnc(OCc2cccnc2)n1. The molecule has 0 aliphatic carbocycles. The maximum atomic E-state index is 12.7. The van der Waals surface area contributed by atoms with Crippen molar-refractivity contribution in [3.63, 3.8) is 0 Å². The Kier molecular flexibility index (Phi) is 3.81. The third-order valence-corrected chi connectivity index (χ3v) is 5.67. The van der Waals surface area contributed by atoms with E-state index in [1.54, 1.807) is 36.7 Å². The molecule has 7 nitrogen and oxygen atoms in total. The van der Waals surface area contributed by atoms with Gasteiger partial charge >= 0.3 is 6.01 Å². The molecule has 1 aromatic carbocycles. The number of pyridine rings is 1. The van der Waals surface area contributed by atoms with E-state index in [9.17, 15) is 8.42 Å². The highest BCUT2D eigenvalue weighted by Gasteiger charge is 2.35. The summed E-state index contributed by atoms with van der Waals surface area (Å²) >= 11 is 0. The molecule has 0 spiro atoms. The fraction of sp³-hybridized carbons (Fsp3) is 0.118. The van der Waals surface area contributed by atoms with Crippen LogP contribution in [0, 0.1) is 0 Å². The van der Waals surface area contributed by atoms with Crippen molar-refractivity contribution in [3.8, 4) is 6.01 Å². The van der Waals surface area contributed by atoms with Crippen molar-refractivity contribution in [1.82, 2.24) is 15.0 Å². The van der Waals surface area contributed by atoms with E-state index in [4.69, 9.17) is 4.74 Å². The maximum absolute atomic E-state index is 12.7. The summed E-state index contributed by atoms with van der Waals surface area (Å²) in [6, 6.07) is 12.3. The molecule has 2 aromatic heterocycles. The Morgan fingerprint density at radius 2 is 1.96 bits per heavy atom. The third kappa shape index (κ3) is 2.91. The van der Waals surface area contributed by atoms with Gasteiger partial charge in [-0.05, 0) is 17.7 Å². The highest BCUT2D eigenvalue weighted by molar-refractivity contribution is 7.93. The first-order chi connectivity index (χ1) is 12.1. The Labute approximate surface area is 145 Å². The van der Waals surface area contributed by atoms with Gasteiger partial charge in [-0.1, -0.05) is 24.3 Å². The average Bonchev–Trinajstić information content (AvgIpc) is 2.92. The van der Waals surface area contributed by atoms with E-state index in [0.717, 1.165) is 11.1 Å². The average molecular weight is 354 g/mol. The molecule has 0 saturated carbocycles. The molecule has 0 bridgehead atoms. The van der Waals surface area contributed by atoms with E-state index in [1.807, 2.05) is 18.2 Å². The second-order valence-electron chi connectivity index (χ2n) is 5.47. The predicted octanol–water partition coefficient (Wildman–Crippen LogP) is 2.16. The number of hydrogen-bond donors (Lipinski definition) is 0. The minimum Gasteiger partial charge on any atom is -0.458 e. The minimum absolute atomic E-state index is 0.118. The summed E-state index contributed by atoms with van der Waals surface area (Å²) in [7, 11) is -3.61. The molecule has 1 aliphatic rings. The Bertz CT molecular complexity index is 1010. The topological polar surface area (TPSA) is 85.3 Å². The Balaban J connectivity index is 1.58. The molecule has 3 heterocycles. The van der Waals surface area contributed by atoms with Gasteiger partial charge in [0.2, 0.25) is 0 Å². The van der Waals surface area contributed by atoms with Gasteiger partial charge in [-0.25, -0.2) is 17.7 Å². The minimum atomic E-state index is -3.61. The van der Waals surface area contributed by atoms with E-state index in [0.29, 0.717) is 4.90 Å². The van der Waals surface area contributed by atoms with Crippen LogP contribution >= 0.6 is 0 Å². The van der Waals surface area contributed by atoms with Crippen molar-refractivity contribution in [3.05, 3.63) is 72.2 Å². The molecule has 0 fully saturated rings. The van der Waals surface area contributed by atoms with Crippen LogP contribution in [-0.2, 0) is 23.2 Å². The number of anilines is 1. The Morgan fingerprint density at radius 1 is 1.08 bits per heavy atom. The van der Waals surface area contributed by atoms with Crippen LogP contribution in [0.3, 0.4) is 0 Å². The van der Waals surface area contributed by atoms with Gasteiger partial charge in [0.05, 0.1) is 11.4 Å². The van der Waals surface area contributed by atoms with E-state index in [2.05, 4.69) is 15.0 Å². The number of nitrogens with zero attached hydrogens (tertiary/aromatic N) is 4. The molecule has 0 saturated heterocycles. The molecule has 126 valence electrons. The van der Waals surface area contributed by atoms with E-state index < -0.39 is 10.0 Å². The first kappa shape index (κ1) is 15.5. The molecule has 1 aliphatic heterocycles. The van der Waals surface area contributed by atoms with Gasteiger partial charge in [-0.3, -0.25) is 4.98 Å². The summed E-state index contributed by atoms with van der Waals surface area (Å²) in [4.78, 5) is 12.6. The summed E-state index contributed by atoms with van der Waals surface area (Å²) < 4.78 is 32.2. The molecule has 0 unspecified atom stereocenters. The molecule has 0 radical (unpaired) electrons. The molecule has 4 rings (SSSR count). The smallest absolute Gasteiger partial charge is 0.318 e. The van der Waals surface area contributed by atoms with E-state index >= 15 is 0 Å². The Morgan fingerprint density at radius 3 is 2.76 bits per heavy atom. The normalized spacial score (nSPS) is 15.0. The molecule has 0 atom stereocenters. The van der Waals surface area contributed by atoms with Crippen LogP contribution in [0.4, 0.5) is 5.82 Å². The highest BCUT2D eigenvalue weighted by Crippen LogP contribution is 2.33. The van der Waals surface area contributed by atoms with Crippen molar-refractivity contribution >= 4 is 15.8 Å². The molecule has 0 N–H and O–H groups in total. The second kappa shape index (κ2) is 6.14. The number of ether oxygens (including phenoxy) is 1. The van der Waals surface area contributed by atoms with Gasteiger partial charge in [0.25, 0.3) is 10.0 Å². The van der Waals surface area contributed by atoms with Gasteiger partial charge in [0.1, 0.15) is 12.4 Å². The number of sulfonamides is 1. The lowest BCUT2D eigenvalue weighted by molar-refractivity contribution is 0.280. The monoisotopic (exact) mass is 354 g/mol. The molecule has 8 heteroatoms. The number of rotatable bonds is 4. The number of benzene rings is 1. The summed E-state index contributed by atoms with van der Waals surface area (Å²) in [6.07, 6.45) is 4.85. The first-order valence-corrected chi connectivity index (χ1v) is 9.04. The van der Waals surface area contributed by atoms with Gasteiger partial charge in [-0.15, -0.1) is 0 Å². The van der Waals surface area contributed by atoms with Gasteiger partial charge in [0.15, 0.2) is 0 Å². The largest absolute Gasteiger partial charge is 0.458 e. The number of fused-ring (bicyclic) bond motifs is 1. The maximum Gasteiger partial charge on any atom is 0.318 e. The number of aromatic nitrogens is 3. The lowest BCUT2D eigenvalue weighted by Crippen LogP contribution is -2.24. The van der Waals surface area contributed by atoms with Crippen LogP contribution in [0.5, 0.6) is 6.01 Å². The zero-order chi connectivity index (χ0) is 17.3. The van der Waals surface area contributed by atoms with Crippen molar-refractivity contribution in [2.24, 2.45) is 0 Å². The third-order valence-electron chi connectivity index (χ3n) is 3.82. The molecular formula is C17H14N4O3S. The standard InChI is InChI=1S/C17H14N4O3S/c22-25(23)15-6-2-1-5-14(15)11-21(25)16-7-9-19-17(20-16)24-12-13-4-3-8-18-10-13/h1-10H,11-12H2. The fourth-order valence-electron chi connectivity index (χ4n) is 2.62. The quantitative estimate of drug-likeness (QED) is 0.714. The zero-order valence-corrected chi connectivity index (χ0v) is 13.9. The highest BCUT2D eigenvalue weighted by atomic mass is 32.2. The van der Waals surface area contributed by atoms with Crippen LogP contribution in [0.15, 0.2) is 66.0 Å². The second-order valence-corrected chi connectivity index (χ2v) is 7.30. The molecule has 25 heavy (non-hydrogen) atoms. The van der Waals surface area contributed by atoms with Crippen molar-refractivity contribution < 1.29 is 13.2 Å². The van der Waals surface area contributed by atoms with Gasteiger partial charge < -0.3 is 4.74 Å².